The van der Waals surface area contributed by atoms with Crippen LogP contribution < -0.4 is 15.2 Å². The van der Waals surface area contributed by atoms with Crippen LogP contribution in [0.4, 0.5) is 4.79 Å². The summed E-state index contributed by atoms with van der Waals surface area (Å²) >= 11 is 0. The van der Waals surface area contributed by atoms with Crippen LogP contribution in [0.2, 0.25) is 0 Å². The number of amides is 1. The van der Waals surface area contributed by atoms with E-state index in [2.05, 4.69) is 9.46 Å². The lowest BCUT2D eigenvalue weighted by atomic mass is 9.85. The Balaban J connectivity index is 2.55. The van der Waals surface area contributed by atoms with Crippen LogP contribution in [-0.4, -0.2) is 33.7 Å². The molecule has 1 aliphatic carbocycles. The first-order valence-corrected chi connectivity index (χ1v) is 7.63. The van der Waals surface area contributed by atoms with E-state index >= 15 is 0 Å². The molecule has 0 radical (unpaired) electrons. The maximum Gasteiger partial charge on any atom is 0.421 e. The lowest BCUT2D eigenvalue weighted by Gasteiger charge is -2.30. The van der Waals surface area contributed by atoms with E-state index in [-0.39, 0.29) is 18.6 Å². The fourth-order valence-corrected chi connectivity index (χ4v) is 3.19. The second kappa shape index (κ2) is 6.91. The second-order valence-corrected chi connectivity index (χ2v) is 5.78. The Morgan fingerprint density at radius 3 is 2.67 bits per heavy atom. The maximum atomic E-state index is 11.7. The molecule has 0 aromatic heterocycles. The van der Waals surface area contributed by atoms with E-state index in [4.69, 9.17) is 5.73 Å². The van der Waals surface area contributed by atoms with Crippen molar-refractivity contribution in [2.45, 2.75) is 38.6 Å². The first-order valence-electron chi connectivity index (χ1n) is 6.15. The van der Waals surface area contributed by atoms with Gasteiger partial charge in [0.15, 0.2) is 0 Å². The number of carbonyl (C=O) groups excluding carboxylic acids is 1. The van der Waals surface area contributed by atoms with E-state index in [0.717, 1.165) is 25.7 Å². The van der Waals surface area contributed by atoms with Crippen LogP contribution >= 0.6 is 0 Å². The smallest absolute Gasteiger partial charge is 0.421 e. The van der Waals surface area contributed by atoms with E-state index < -0.39 is 16.3 Å². The summed E-state index contributed by atoms with van der Waals surface area (Å²) in [6, 6.07) is -0.212. The average molecular weight is 279 g/mol. The van der Waals surface area contributed by atoms with Crippen molar-refractivity contribution in [3.8, 4) is 0 Å². The predicted molar refractivity (Wildman–Crippen MR) is 67.0 cm³/mol. The van der Waals surface area contributed by atoms with Crippen LogP contribution in [0.5, 0.6) is 0 Å². The molecule has 0 aromatic rings. The van der Waals surface area contributed by atoms with Crippen molar-refractivity contribution in [3.63, 3.8) is 0 Å². The van der Waals surface area contributed by atoms with Gasteiger partial charge in [-0.1, -0.05) is 12.8 Å². The van der Waals surface area contributed by atoms with Gasteiger partial charge in [0, 0.05) is 6.04 Å². The van der Waals surface area contributed by atoms with Crippen LogP contribution in [-0.2, 0) is 14.9 Å². The van der Waals surface area contributed by atoms with Crippen LogP contribution in [0, 0.1) is 5.92 Å². The lowest BCUT2D eigenvalue weighted by molar-refractivity contribution is 0.158. The molecule has 1 fully saturated rings. The summed E-state index contributed by atoms with van der Waals surface area (Å²) in [4.78, 5) is 11.1. The molecule has 4 N–H and O–H groups in total. The highest BCUT2D eigenvalue weighted by Gasteiger charge is 2.28. The van der Waals surface area contributed by atoms with Gasteiger partial charge in [0.05, 0.1) is 6.61 Å². The Kier molecular flexibility index (Phi) is 5.83. The number of hydrogen-bond acceptors (Lipinski definition) is 5. The maximum absolute atomic E-state index is 11.7. The number of rotatable bonds is 5. The van der Waals surface area contributed by atoms with E-state index in [1.165, 1.54) is 0 Å². The Bertz CT molecular complexity index is 371. The summed E-state index contributed by atoms with van der Waals surface area (Å²) in [5.74, 6) is 0.123. The molecule has 18 heavy (non-hydrogen) atoms. The van der Waals surface area contributed by atoms with Crippen molar-refractivity contribution < 1.29 is 17.9 Å². The monoisotopic (exact) mass is 279 g/mol. The van der Waals surface area contributed by atoms with Gasteiger partial charge in [-0.3, -0.25) is 0 Å². The third-order valence-electron chi connectivity index (χ3n) is 3.01. The summed E-state index contributed by atoms with van der Waals surface area (Å²) in [5, 5.41) is 0. The molecule has 0 aliphatic heterocycles. The molecule has 7 nitrogen and oxygen atoms in total. The van der Waals surface area contributed by atoms with E-state index in [1.807, 2.05) is 4.72 Å². The Morgan fingerprint density at radius 1 is 1.39 bits per heavy atom. The second-order valence-electron chi connectivity index (χ2n) is 4.33. The fourth-order valence-electron chi connectivity index (χ4n) is 2.14. The molecule has 0 spiro atoms. The molecule has 1 amide bonds. The zero-order chi connectivity index (χ0) is 13.6. The van der Waals surface area contributed by atoms with Crippen LogP contribution in [0.15, 0.2) is 0 Å². The molecule has 8 heteroatoms. The molecular formula is C10H21N3O4S. The zero-order valence-electron chi connectivity index (χ0n) is 10.5. The summed E-state index contributed by atoms with van der Waals surface area (Å²) in [7, 11) is -3.88. The molecule has 2 atom stereocenters. The van der Waals surface area contributed by atoms with E-state index in [9.17, 15) is 13.2 Å². The summed E-state index contributed by atoms with van der Waals surface area (Å²) in [5.41, 5.74) is 5.61. The molecule has 0 saturated heterocycles. The number of nitrogens with two attached hydrogens (primary N) is 1. The van der Waals surface area contributed by atoms with Gasteiger partial charge < -0.3 is 10.5 Å². The first kappa shape index (κ1) is 15.2. The highest BCUT2D eigenvalue weighted by atomic mass is 32.2. The first-order chi connectivity index (χ1) is 8.48. The number of carbonyl (C=O) groups is 1. The quantitative estimate of drug-likeness (QED) is 0.660. The van der Waals surface area contributed by atoms with Crippen molar-refractivity contribution in [2.24, 2.45) is 11.7 Å². The summed E-state index contributed by atoms with van der Waals surface area (Å²) in [6.45, 7) is 2.16. The van der Waals surface area contributed by atoms with Gasteiger partial charge in [-0.15, -0.1) is 0 Å². The van der Waals surface area contributed by atoms with Crippen molar-refractivity contribution in [3.05, 3.63) is 0 Å². The predicted octanol–water partition coefficient (Wildman–Crippen LogP) is 0.0844. The van der Waals surface area contributed by atoms with Gasteiger partial charge in [-0.25, -0.2) is 9.52 Å². The van der Waals surface area contributed by atoms with E-state index in [1.54, 1.807) is 6.92 Å². The van der Waals surface area contributed by atoms with Gasteiger partial charge in [0.2, 0.25) is 0 Å². The minimum absolute atomic E-state index is 0.121. The molecule has 1 rings (SSSR count). The van der Waals surface area contributed by atoms with Gasteiger partial charge in [-0.05, 0) is 32.2 Å². The minimum Gasteiger partial charge on any atom is -0.449 e. The largest absolute Gasteiger partial charge is 0.449 e. The van der Waals surface area contributed by atoms with Gasteiger partial charge >= 0.3 is 16.3 Å². The van der Waals surface area contributed by atoms with Crippen LogP contribution in [0.25, 0.3) is 0 Å². The summed E-state index contributed by atoms with van der Waals surface area (Å²) < 4.78 is 32.2. The lowest BCUT2D eigenvalue weighted by Crippen LogP contribution is -2.50. The highest BCUT2D eigenvalue weighted by Crippen LogP contribution is 2.23. The highest BCUT2D eigenvalue weighted by molar-refractivity contribution is 7.88. The standard InChI is InChI=1S/C10H21N3O4S/c1-2-17-10(14)13-18(15,16)12-9-6-4-3-5-8(9)7-11/h8-9,12H,2-7,11H2,1H3,(H,13,14). The molecule has 0 bridgehead atoms. The zero-order valence-corrected chi connectivity index (χ0v) is 11.3. The molecular weight excluding hydrogens is 258 g/mol. The van der Waals surface area contributed by atoms with Crippen molar-refractivity contribution >= 4 is 16.3 Å². The third kappa shape index (κ3) is 4.79. The summed E-state index contributed by atoms with van der Waals surface area (Å²) in [6.07, 6.45) is 2.70. The van der Waals surface area contributed by atoms with Gasteiger partial charge in [0.25, 0.3) is 0 Å². The number of ether oxygens (including phenoxy) is 1. The minimum atomic E-state index is -3.88. The average Bonchev–Trinajstić information content (AvgIpc) is 2.28. The normalized spacial score (nSPS) is 24.6. The molecule has 0 aromatic carbocycles. The van der Waals surface area contributed by atoms with Gasteiger partial charge in [-0.2, -0.15) is 13.1 Å². The van der Waals surface area contributed by atoms with Crippen molar-refractivity contribution in [1.29, 1.82) is 0 Å². The van der Waals surface area contributed by atoms with Crippen LogP contribution in [0.3, 0.4) is 0 Å². The molecule has 1 aliphatic rings. The SMILES string of the molecule is CCOC(=O)NS(=O)(=O)NC1CCCCC1CN. The number of nitrogens with one attached hydrogen (secondary N) is 2. The van der Waals surface area contributed by atoms with Gasteiger partial charge in [0.1, 0.15) is 0 Å². The fraction of sp³-hybridized carbons (Fsp3) is 0.900. The molecule has 2 unspecified atom stereocenters. The molecule has 1 saturated carbocycles. The Labute approximate surface area is 108 Å². The Morgan fingerprint density at radius 2 is 2.06 bits per heavy atom. The van der Waals surface area contributed by atoms with Crippen molar-refractivity contribution in [2.75, 3.05) is 13.2 Å². The van der Waals surface area contributed by atoms with E-state index in [0.29, 0.717) is 6.54 Å². The third-order valence-corrected chi connectivity index (χ3v) is 4.06. The van der Waals surface area contributed by atoms with Crippen molar-refractivity contribution in [1.82, 2.24) is 9.44 Å². The Hall–Kier alpha value is -0.860. The molecule has 106 valence electrons. The molecule has 0 heterocycles. The van der Waals surface area contributed by atoms with Crippen LogP contribution in [0.1, 0.15) is 32.6 Å². The topological polar surface area (TPSA) is 111 Å². The number of hydrogen-bond donors (Lipinski definition) is 3.